The van der Waals surface area contributed by atoms with Gasteiger partial charge in [0.25, 0.3) is 0 Å². The van der Waals surface area contributed by atoms with Gasteiger partial charge in [-0.05, 0) is 43.0 Å². The number of nitrogens with one attached hydrogen (secondary N) is 1. The summed E-state index contributed by atoms with van der Waals surface area (Å²) in [5, 5.41) is 0.818. The average Bonchev–Trinajstić information content (AvgIpc) is 2.50. The second kappa shape index (κ2) is 7.91. The predicted octanol–water partition coefficient (Wildman–Crippen LogP) is 3.57. The number of hydrogen-bond donors (Lipinski definition) is 2. The zero-order valence-corrected chi connectivity index (χ0v) is 13.3. The summed E-state index contributed by atoms with van der Waals surface area (Å²) in [5.41, 5.74) is 5.48. The van der Waals surface area contributed by atoms with E-state index in [0.717, 1.165) is 16.8 Å². The molecule has 112 valence electrons. The summed E-state index contributed by atoms with van der Waals surface area (Å²) >= 11 is 2.07. The Kier molecular flexibility index (Phi) is 6.20. The summed E-state index contributed by atoms with van der Waals surface area (Å²) in [6.45, 7) is 2.12. The molecule has 1 aliphatic carbocycles. The molecule has 0 radical (unpaired) electrons. The van der Waals surface area contributed by atoms with E-state index in [4.69, 9.17) is 10.6 Å². The number of rotatable bonds is 6. The summed E-state index contributed by atoms with van der Waals surface area (Å²) in [6.07, 6.45) is 6.92. The van der Waals surface area contributed by atoms with Crippen LogP contribution in [-0.2, 0) is 0 Å². The predicted molar refractivity (Wildman–Crippen MR) is 87.1 cm³/mol. The molecular weight excluding hydrogens is 268 g/mol. The zero-order valence-electron chi connectivity index (χ0n) is 12.5. The normalized spacial score (nSPS) is 17.9. The van der Waals surface area contributed by atoms with Gasteiger partial charge in [-0.25, -0.2) is 0 Å². The maximum absolute atomic E-state index is 5.77. The first-order chi connectivity index (χ1) is 9.74. The standard InChI is InChI=1S/C16H26N2OS/c1-12-10-13(19-2)8-9-15(12)16(18-17)11-20-14-6-4-3-5-7-14/h8-10,14,16,18H,3-7,11,17H2,1-2H3. The Balaban J connectivity index is 1.96. The van der Waals surface area contributed by atoms with Crippen molar-refractivity contribution in [2.45, 2.75) is 50.3 Å². The minimum absolute atomic E-state index is 0.216. The van der Waals surface area contributed by atoms with Crippen molar-refractivity contribution in [3.63, 3.8) is 0 Å². The van der Waals surface area contributed by atoms with Gasteiger partial charge in [0, 0.05) is 11.0 Å². The van der Waals surface area contributed by atoms with E-state index in [1.807, 2.05) is 6.07 Å². The molecule has 1 aromatic carbocycles. The summed E-state index contributed by atoms with van der Waals surface area (Å²) in [6, 6.07) is 6.43. The summed E-state index contributed by atoms with van der Waals surface area (Å²) in [5.74, 6) is 7.71. The molecule has 1 unspecified atom stereocenters. The molecule has 20 heavy (non-hydrogen) atoms. The number of ether oxygens (including phenoxy) is 1. The van der Waals surface area contributed by atoms with Gasteiger partial charge in [0.15, 0.2) is 0 Å². The van der Waals surface area contributed by atoms with Crippen LogP contribution >= 0.6 is 11.8 Å². The van der Waals surface area contributed by atoms with Crippen molar-refractivity contribution in [2.24, 2.45) is 5.84 Å². The lowest BCUT2D eigenvalue weighted by atomic mass is 10.0. The zero-order chi connectivity index (χ0) is 14.4. The van der Waals surface area contributed by atoms with Crippen LogP contribution in [0.4, 0.5) is 0 Å². The highest BCUT2D eigenvalue weighted by Crippen LogP contribution is 2.32. The third-order valence-corrected chi connectivity index (χ3v) is 5.57. The molecule has 2 rings (SSSR count). The number of hydrazine groups is 1. The van der Waals surface area contributed by atoms with E-state index in [-0.39, 0.29) is 6.04 Å². The second-order valence-electron chi connectivity index (χ2n) is 5.54. The lowest BCUT2D eigenvalue weighted by molar-refractivity contribution is 0.414. The summed E-state index contributed by atoms with van der Waals surface area (Å²) in [4.78, 5) is 0. The Bertz CT molecular complexity index is 419. The molecule has 3 N–H and O–H groups in total. The van der Waals surface area contributed by atoms with Crippen LogP contribution in [-0.4, -0.2) is 18.1 Å². The van der Waals surface area contributed by atoms with Crippen LogP contribution in [0.25, 0.3) is 0 Å². The van der Waals surface area contributed by atoms with Crippen LogP contribution in [0.2, 0.25) is 0 Å². The SMILES string of the molecule is COc1ccc(C(CSC2CCCCC2)NN)c(C)c1. The maximum atomic E-state index is 5.77. The van der Waals surface area contributed by atoms with E-state index in [9.17, 15) is 0 Å². The van der Waals surface area contributed by atoms with E-state index in [0.29, 0.717) is 0 Å². The van der Waals surface area contributed by atoms with E-state index in [1.165, 1.54) is 43.2 Å². The van der Waals surface area contributed by atoms with Crippen LogP contribution < -0.4 is 16.0 Å². The fourth-order valence-corrected chi connectivity index (χ4v) is 4.26. The number of hydrogen-bond acceptors (Lipinski definition) is 4. The number of aryl methyl sites for hydroxylation is 1. The van der Waals surface area contributed by atoms with Gasteiger partial charge in [-0.15, -0.1) is 0 Å². The number of methoxy groups -OCH3 is 1. The molecule has 3 nitrogen and oxygen atoms in total. The molecule has 0 aromatic heterocycles. The minimum atomic E-state index is 0.216. The molecule has 1 atom stereocenters. The van der Waals surface area contributed by atoms with Gasteiger partial charge in [-0.3, -0.25) is 11.3 Å². The molecule has 4 heteroatoms. The number of thioether (sulfide) groups is 1. The van der Waals surface area contributed by atoms with Crippen molar-refractivity contribution in [3.8, 4) is 5.75 Å². The van der Waals surface area contributed by atoms with Gasteiger partial charge >= 0.3 is 0 Å². The van der Waals surface area contributed by atoms with Crippen molar-refractivity contribution in [2.75, 3.05) is 12.9 Å². The number of nitrogens with two attached hydrogens (primary N) is 1. The molecule has 1 saturated carbocycles. The highest BCUT2D eigenvalue weighted by molar-refractivity contribution is 7.99. The Morgan fingerprint density at radius 2 is 2.10 bits per heavy atom. The average molecular weight is 294 g/mol. The quantitative estimate of drug-likeness (QED) is 0.622. The highest BCUT2D eigenvalue weighted by atomic mass is 32.2. The Morgan fingerprint density at radius 3 is 2.70 bits per heavy atom. The largest absolute Gasteiger partial charge is 0.497 e. The monoisotopic (exact) mass is 294 g/mol. The molecule has 0 aliphatic heterocycles. The lowest BCUT2D eigenvalue weighted by Gasteiger charge is -2.24. The van der Waals surface area contributed by atoms with Crippen LogP contribution in [0.3, 0.4) is 0 Å². The lowest BCUT2D eigenvalue weighted by Crippen LogP contribution is -2.31. The van der Waals surface area contributed by atoms with Crippen LogP contribution in [0.15, 0.2) is 18.2 Å². The van der Waals surface area contributed by atoms with Crippen molar-refractivity contribution in [1.29, 1.82) is 0 Å². The first-order valence-corrected chi connectivity index (χ1v) is 8.51. The fraction of sp³-hybridized carbons (Fsp3) is 0.625. The van der Waals surface area contributed by atoms with Gasteiger partial charge in [0.1, 0.15) is 5.75 Å². The van der Waals surface area contributed by atoms with Crippen molar-refractivity contribution in [1.82, 2.24) is 5.43 Å². The van der Waals surface area contributed by atoms with Gasteiger partial charge in [-0.1, -0.05) is 25.3 Å². The first-order valence-electron chi connectivity index (χ1n) is 7.47. The fourth-order valence-electron chi connectivity index (χ4n) is 2.86. The first kappa shape index (κ1) is 15.7. The second-order valence-corrected chi connectivity index (χ2v) is 6.87. The van der Waals surface area contributed by atoms with Crippen LogP contribution in [0.5, 0.6) is 5.75 Å². The smallest absolute Gasteiger partial charge is 0.119 e. The molecule has 1 fully saturated rings. The summed E-state index contributed by atoms with van der Waals surface area (Å²) in [7, 11) is 1.70. The molecule has 0 spiro atoms. The van der Waals surface area contributed by atoms with Crippen LogP contribution in [0, 0.1) is 6.92 Å². The minimum Gasteiger partial charge on any atom is -0.497 e. The topological polar surface area (TPSA) is 47.3 Å². The molecule has 0 amide bonds. The third-order valence-electron chi connectivity index (χ3n) is 4.10. The number of benzene rings is 1. The van der Waals surface area contributed by atoms with Gasteiger partial charge in [0.2, 0.25) is 0 Å². The highest BCUT2D eigenvalue weighted by Gasteiger charge is 2.18. The Morgan fingerprint density at radius 1 is 1.35 bits per heavy atom. The van der Waals surface area contributed by atoms with Gasteiger partial charge in [0.05, 0.1) is 13.2 Å². The Hall–Kier alpha value is -0.710. The molecule has 0 heterocycles. The van der Waals surface area contributed by atoms with E-state index < -0.39 is 0 Å². The van der Waals surface area contributed by atoms with Crippen molar-refractivity contribution >= 4 is 11.8 Å². The van der Waals surface area contributed by atoms with E-state index in [1.54, 1.807) is 7.11 Å². The molecule has 0 bridgehead atoms. The van der Waals surface area contributed by atoms with E-state index >= 15 is 0 Å². The van der Waals surface area contributed by atoms with Gasteiger partial charge in [-0.2, -0.15) is 11.8 Å². The van der Waals surface area contributed by atoms with Crippen LogP contribution in [0.1, 0.15) is 49.3 Å². The van der Waals surface area contributed by atoms with Crippen molar-refractivity contribution < 1.29 is 4.74 Å². The molecule has 1 aliphatic rings. The van der Waals surface area contributed by atoms with Crippen molar-refractivity contribution in [3.05, 3.63) is 29.3 Å². The Labute approximate surface area is 126 Å². The molecule has 1 aromatic rings. The van der Waals surface area contributed by atoms with Gasteiger partial charge < -0.3 is 4.74 Å². The molecule has 0 saturated heterocycles. The molecular formula is C16H26N2OS. The summed E-state index contributed by atoms with van der Waals surface area (Å²) < 4.78 is 5.26. The maximum Gasteiger partial charge on any atom is 0.119 e. The van der Waals surface area contributed by atoms with E-state index in [2.05, 4.69) is 36.2 Å². The third kappa shape index (κ3) is 4.14.